The molecule has 0 spiro atoms. The number of cyclic esters (lactones) is 2. The van der Waals surface area contributed by atoms with Crippen molar-refractivity contribution < 1.29 is 24.0 Å². The molecule has 1 aromatic carbocycles. The number of hydrogen-bond acceptors (Lipinski definition) is 6. The summed E-state index contributed by atoms with van der Waals surface area (Å²) in [5.41, 5.74) is 2.68. The van der Waals surface area contributed by atoms with Gasteiger partial charge in [0.2, 0.25) is 0 Å². The fraction of sp³-hybridized carbons (Fsp3) is 0.250. The molecule has 6 heteroatoms. The van der Waals surface area contributed by atoms with Gasteiger partial charge in [-0.05, 0) is 18.6 Å². The Bertz CT molecular complexity index is 471. The lowest BCUT2D eigenvalue weighted by Gasteiger charge is -2.19. The number of carbonyl (C=O) groups is 3. The summed E-state index contributed by atoms with van der Waals surface area (Å²) in [6.07, 6.45) is 0.367. The summed E-state index contributed by atoms with van der Waals surface area (Å²) in [6.45, 7) is 0. The molecule has 0 aromatic heterocycles. The maximum absolute atomic E-state index is 11.6. The van der Waals surface area contributed by atoms with Crippen molar-refractivity contribution in [1.29, 1.82) is 0 Å². The minimum atomic E-state index is -0.796. The van der Waals surface area contributed by atoms with E-state index in [2.05, 4.69) is 10.2 Å². The van der Waals surface area contributed by atoms with Crippen LogP contribution in [-0.4, -0.2) is 23.9 Å². The minimum Gasteiger partial charge on any atom is -0.392 e. The van der Waals surface area contributed by atoms with Gasteiger partial charge in [0.25, 0.3) is 0 Å². The zero-order chi connectivity index (χ0) is 13.0. The topological polar surface area (TPSA) is 81.7 Å². The molecule has 0 saturated carbocycles. The van der Waals surface area contributed by atoms with E-state index in [9.17, 15) is 14.4 Å². The fourth-order valence-electron chi connectivity index (χ4n) is 1.48. The summed E-state index contributed by atoms with van der Waals surface area (Å²) in [5, 5.41) is 0. The van der Waals surface area contributed by atoms with Crippen molar-refractivity contribution in [3.63, 3.8) is 0 Å². The summed E-state index contributed by atoms with van der Waals surface area (Å²) < 4.78 is 4.41. The molecule has 2 rings (SSSR count). The highest BCUT2D eigenvalue weighted by molar-refractivity contribution is 5.92. The Hall–Kier alpha value is -2.21. The quantitative estimate of drug-likeness (QED) is 0.479. The van der Waals surface area contributed by atoms with Crippen molar-refractivity contribution in [3.05, 3.63) is 35.9 Å². The summed E-state index contributed by atoms with van der Waals surface area (Å²) >= 11 is 0. The molecule has 1 aromatic rings. The van der Waals surface area contributed by atoms with E-state index in [1.54, 1.807) is 30.3 Å². The van der Waals surface area contributed by atoms with Gasteiger partial charge < -0.3 is 9.57 Å². The molecule has 1 saturated heterocycles. The number of ether oxygens (including phenoxy) is 1. The van der Waals surface area contributed by atoms with E-state index in [-0.39, 0.29) is 12.8 Å². The lowest BCUT2D eigenvalue weighted by molar-refractivity contribution is -0.167. The van der Waals surface area contributed by atoms with Crippen molar-refractivity contribution in [1.82, 2.24) is 5.48 Å². The van der Waals surface area contributed by atoms with Gasteiger partial charge in [-0.3, -0.25) is 4.79 Å². The Kier molecular flexibility index (Phi) is 3.69. The first kappa shape index (κ1) is 12.3. The maximum Gasteiger partial charge on any atom is 0.356 e. The van der Waals surface area contributed by atoms with Crippen molar-refractivity contribution in [3.8, 4) is 0 Å². The second-order valence-corrected chi connectivity index (χ2v) is 3.76. The van der Waals surface area contributed by atoms with Crippen LogP contribution in [0.4, 0.5) is 0 Å². The molecular formula is C12H11NO5. The van der Waals surface area contributed by atoms with Gasteiger partial charge in [-0.25, -0.2) is 9.59 Å². The molecule has 1 unspecified atom stereocenters. The Morgan fingerprint density at radius 2 is 2.00 bits per heavy atom. The molecule has 1 atom stereocenters. The summed E-state index contributed by atoms with van der Waals surface area (Å²) in [4.78, 5) is 38.4. The van der Waals surface area contributed by atoms with Gasteiger partial charge in [-0.2, -0.15) is 0 Å². The fourth-order valence-corrected chi connectivity index (χ4v) is 1.48. The summed E-state index contributed by atoms with van der Waals surface area (Å²) in [5.74, 6) is -1.89. The third-order valence-corrected chi connectivity index (χ3v) is 2.44. The largest absolute Gasteiger partial charge is 0.392 e. The molecule has 1 fully saturated rings. The SMILES string of the molecule is O=C1CCC(NOC(=O)c2ccccc2)C(=O)O1. The van der Waals surface area contributed by atoms with E-state index < -0.39 is 23.9 Å². The van der Waals surface area contributed by atoms with Gasteiger partial charge in [-0.15, -0.1) is 5.48 Å². The number of rotatable bonds is 3. The number of carbonyl (C=O) groups excluding carboxylic acids is 3. The Balaban J connectivity index is 1.87. The van der Waals surface area contributed by atoms with Gasteiger partial charge in [0.05, 0.1) is 5.56 Å². The lowest BCUT2D eigenvalue weighted by Crippen LogP contribution is -2.43. The van der Waals surface area contributed by atoms with Gasteiger partial charge in [0.1, 0.15) is 6.04 Å². The maximum atomic E-state index is 11.6. The zero-order valence-electron chi connectivity index (χ0n) is 9.42. The van der Waals surface area contributed by atoms with Gasteiger partial charge in [-0.1, -0.05) is 18.2 Å². The van der Waals surface area contributed by atoms with Crippen molar-refractivity contribution in [2.75, 3.05) is 0 Å². The summed E-state index contributed by atoms with van der Waals surface area (Å²) in [7, 11) is 0. The Labute approximate surface area is 103 Å². The number of hydrogen-bond donors (Lipinski definition) is 1. The standard InChI is InChI=1S/C12H11NO5/c14-10-7-6-9(12(16)17-10)13-18-11(15)8-4-2-1-3-5-8/h1-5,9,13H,6-7H2. The molecule has 0 aliphatic carbocycles. The monoisotopic (exact) mass is 249 g/mol. The number of benzene rings is 1. The Morgan fingerprint density at radius 3 is 2.67 bits per heavy atom. The molecule has 1 aliphatic rings. The zero-order valence-corrected chi connectivity index (χ0v) is 9.42. The smallest absolute Gasteiger partial charge is 0.356 e. The van der Waals surface area contributed by atoms with Crippen LogP contribution in [0.25, 0.3) is 0 Å². The normalized spacial score (nSPS) is 19.2. The van der Waals surface area contributed by atoms with Crippen LogP contribution in [0.1, 0.15) is 23.2 Å². The van der Waals surface area contributed by atoms with Crippen molar-refractivity contribution >= 4 is 17.9 Å². The van der Waals surface area contributed by atoms with Crippen LogP contribution in [-0.2, 0) is 19.2 Å². The minimum absolute atomic E-state index is 0.117. The number of hydroxylamine groups is 1. The van der Waals surface area contributed by atoms with Crippen LogP contribution in [0.2, 0.25) is 0 Å². The van der Waals surface area contributed by atoms with Crippen molar-refractivity contribution in [2.45, 2.75) is 18.9 Å². The summed E-state index contributed by atoms with van der Waals surface area (Å²) in [6, 6.07) is 7.55. The molecule has 0 bridgehead atoms. The second kappa shape index (κ2) is 5.42. The third-order valence-electron chi connectivity index (χ3n) is 2.44. The predicted octanol–water partition coefficient (Wildman–Crippen LogP) is 0.580. The number of esters is 2. The van der Waals surface area contributed by atoms with E-state index in [4.69, 9.17) is 4.84 Å². The van der Waals surface area contributed by atoms with E-state index in [0.717, 1.165) is 0 Å². The lowest BCUT2D eigenvalue weighted by atomic mass is 10.1. The highest BCUT2D eigenvalue weighted by atomic mass is 16.7. The molecular weight excluding hydrogens is 238 g/mol. The van der Waals surface area contributed by atoms with E-state index in [1.165, 1.54) is 0 Å². The first-order chi connectivity index (χ1) is 8.66. The molecule has 0 radical (unpaired) electrons. The first-order valence-corrected chi connectivity index (χ1v) is 5.43. The van der Waals surface area contributed by atoms with Crippen molar-refractivity contribution in [2.24, 2.45) is 0 Å². The molecule has 1 aliphatic heterocycles. The Morgan fingerprint density at radius 1 is 1.28 bits per heavy atom. The van der Waals surface area contributed by atoms with Crippen LogP contribution >= 0.6 is 0 Å². The molecule has 0 amide bonds. The molecule has 6 nitrogen and oxygen atoms in total. The third kappa shape index (κ3) is 2.92. The number of nitrogens with one attached hydrogen (secondary N) is 1. The molecule has 1 heterocycles. The average molecular weight is 249 g/mol. The van der Waals surface area contributed by atoms with E-state index in [1.807, 2.05) is 0 Å². The highest BCUT2D eigenvalue weighted by Crippen LogP contribution is 2.09. The average Bonchev–Trinajstić information content (AvgIpc) is 2.38. The second-order valence-electron chi connectivity index (χ2n) is 3.76. The van der Waals surface area contributed by atoms with Crippen LogP contribution in [0, 0.1) is 0 Å². The van der Waals surface area contributed by atoms with Crippen LogP contribution < -0.4 is 5.48 Å². The van der Waals surface area contributed by atoms with Gasteiger partial charge in [0.15, 0.2) is 0 Å². The van der Waals surface area contributed by atoms with Crippen LogP contribution in [0.5, 0.6) is 0 Å². The first-order valence-electron chi connectivity index (χ1n) is 5.43. The molecule has 94 valence electrons. The van der Waals surface area contributed by atoms with Crippen LogP contribution in [0.15, 0.2) is 30.3 Å². The highest BCUT2D eigenvalue weighted by Gasteiger charge is 2.30. The molecule has 18 heavy (non-hydrogen) atoms. The van der Waals surface area contributed by atoms with Gasteiger partial charge >= 0.3 is 17.9 Å². The van der Waals surface area contributed by atoms with E-state index in [0.29, 0.717) is 5.56 Å². The van der Waals surface area contributed by atoms with Gasteiger partial charge in [0, 0.05) is 6.42 Å². The molecule has 1 N–H and O–H groups in total. The van der Waals surface area contributed by atoms with Crippen LogP contribution in [0.3, 0.4) is 0 Å². The predicted molar refractivity (Wildman–Crippen MR) is 59.1 cm³/mol. The van der Waals surface area contributed by atoms with E-state index >= 15 is 0 Å².